The SMILES string of the molecule is C[C](C)CC(=O)[C@H](CC(=O)O)NCCN. The van der Waals surface area contributed by atoms with Gasteiger partial charge in [-0.25, -0.2) is 0 Å². The summed E-state index contributed by atoms with van der Waals surface area (Å²) in [6.07, 6.45) is 0.127. The molecule has 0 aliphatic heterocycles. The maximum Gasteiger partial charge on any atom is 0.305 e. The molecule has 0 amide bonds. The zero-order valence-electron chi connectivity index (χ0n) is 9.25. The van der Waals surface area contributed by atoms with Gasteiger partial charge in [-0.2, -0.15) is 0 Å². The minimum atomic E-state index is -0.980. The quantitative estimate of drug-likeness (QED) is 0.528. The number of carbonyl (C=O) groups is 2. The van der Waals surface area contributed by atoms with Gasteiger partial charge in [0, 0.05) is 19.5 Å². The molecule has 0 heterocycles. The molecule has 0 saturated carbocycles. The second-order valence-corrected chi connectivity index (χ2v) is 3.74. The van der Waals surface area contributed by atoms with Crippen molar-refractivity contribution in [1.29, 1.82) is 0 Å². The Morgan fingerprint density at radius 3 is 2.40 bits per heavy atom. The lowest BCUT2D eigenvalue weighted by Gasteiger charge is -2.16. The van der Waals surface area contributed by atoms with Gasteiger partial charge < -0.3 is 16.2 Å². The number of nitrogens with two attached hydrogens (primary N) is 1. The van der Waals surface area contributed by atoms with Crippen molar-refractivity contribution < 1.29 is 14.7 Å². The number of carbonyl (C=O) groups excluding carboxylic acids is 1. The van der Waals surface area contributed by atoms with Gasteiger partial charge in [0.1, 0.15) is 0 Å². The summed E-state index contributed by atoms with van der Waals surface area (Å²) in [6, 6.07) is -0.624. The van der Waals surface area contributed by atoms with Crippen molar-refractivity contribution in [3.63, 3.8) is 0 Å². The first-order valence-electron chi connectivity index (χ1n) is 4.94. The first-order valence-corrected chi connectivity index (χ1v) is 4.94. The predicted octanol–water partition coefficient (Wildman–Crippen LogP) is -0.0485. The third-order valence-corrected chi connectivity index (χ3v) is 1.83. The van der Waals surface area contributed by atoms with Gasteiger partial charge in [-0.15, -0.1) is 0 Å². The van der Waals surface area contributed by atoms with E-state index in [0.29, 0.717) is 19.5 Å². The lowest BCUT2D eigenvalue weighted by molar-refractivity contribution is -0.139. The normalized spacial score (nSPS) is 12.8. The smallest absolute Gasteiger partial charge is 0.305 e. The van der Waals surface area contributed by atoms with Crippen molar-refractivity contribution in [2.24, 2.45) is 5.73 Å². The topological polar surface area (TPSA) is 92.4 Å². The molecule has 87 valence electrons. The van der Waals surface area contributed by atoms with Gasteiger partial charge in [0.25, 0.3) is 0 Å². The molecule has 5 heteroatoms. The summed E-state index contributed by atoms with van der Waals surface area (Å²) in [5, 5.41) is 11.5. The van der Waals surface area contributed by atoms with E-state index in [-0.39, 0.29) is 12.2 Å². The number of aliphatic carboxylic acids is 1. The van der Waals surface area contributed by atoms with Crippen LogP contribution in [-0.2, 0) is 9.59 Å². The molecule has 0 spiro atoms. The number of hydrogen-bond donors (Lipinski definition) is 3. The van der Waals surface area contributed by atoms with Crippen molar-refractivity contribution in [3.8, 4) is 0 Å². The van der Waals surface area contributed by atoms with Crippen LogP contribution in [0.25, 0.3) is 0 Å². The van der Waals surface area contributed by atoms with E-state index < -0.39 is 12.0 Å². The van der Waals surface area contributed by atoms with E-state index in [4.69, 9.17) is 10.8 Å². The number of Topliss-reactive ketones (excluding diaryl/α,β-unsaturated/α-hetero) is 1. The molecule has 1 radical (unpaired) electrons. The van der Waals surface area contributed by atoms with Crippen LogP contribution < -0.4 is 11.1 Å². The number of rotatable bonds is 8. The van der Waals surface area contributed by atoms with Crippen LogP contribution in [0.2, 0.25) is 0 Å². The Morgan fingerprint density at radius 1 is 1.40 bits per heavy atom. The Kier molecular flexibility index (Phi) is 6.90. The van der Waals surface area contributed by atoms with Crippen molar-refractivity contribution >= 4 is 11.8 Å². The third-order valence-electron chi connectivity index (χ3n) is 1.83. The van der Waals surface area contributed by atoms with Gasteiger partial charge in [-0.3, -0.25) is 9.59 Å². The highest BCUT2D eigenvalue weighted by molar-refractivity contribution is 5.88. The van der Waals surface area contributed by atoms with E-state index in [1.165, 1.54) is 0 Å². The average molecular weight is 215 g/mol. The molecule has 15 heavy (non-hydrogen) atoms. The molecule has 5 nitrogen and oxygen atoms in total. The van der Waals surface area contributed by atoms with Crippen LogP contribution in [0, 0.1) is 5.92 Å². The highest BCUT2D eigenvalue weighted by Gasteiger charge is 2.21. The van der Waals surface area contributed by atoms with Gasteiger partial charge in [-0.1, -0.05) is 13.8 Å². The van der Waals surface area contributed by atoms with Crippen LogP contribution in [0.3, 0.4) is 0 Å². The average Bonchev–Trinajstić information content (AvgIpc) is 2.10. The van der Waals surface area contributed by atoms with E-state index in [0.717, 1.165) is 5.92 Å². The van der Waals surface area contributed by atoms with Crippen molar-refractivity contribution in [3.05, 3.63) is 5.92 Å². The fourth-order valence-corrected chi connectivity index (χ4v) is 1.20. The minimum absolute atomic E-state index is 0.0918. The summed E-state index contributed by atoms with van der Waals surface area (Å²) < 4.78 is 0. The predicted molar refractivity (Wildman–Crippen MR) is 57.3 cm³/mol. The molecule has 0 aromatic heterocycles. The Morgan fingerprint density at radius 2 is 2.00 bits per heavy atom. The maximum atomic E-state index is 11.6. The zero-order valence-corrected chi connectivity index (χ0v) is 9.25. The second-order valence-electron chi connectivity index (χ2n) is 3.74. The molecular formula is C10H19N2O3. The van der Waals surface area contributed by atoms with Gasteiger partial charge in [0.05, 0.1) is 12.5 Å². The Bertz CT molecular complexity index is 217. The second kappa shape index (κ2) is 7.36. The molecule has 0 bridgehead atoms. The van der Waals surface area contributed by atoms with Crippen LogP contribution in [0.15, 0.2) is 0 Å². The van der Waals surface area contributed by atoms with Crippen molar-refractivity contribution in [2.45, 2.75) is 32.7 Å². The lowest BCUT2D eigenvalue weighted by atomic mass is 10.00. The molecule has 0 aromatic rings. The number of ketones is 1. The molecule has 0 unspecified atom stereocenters. The monoisotopic (exact) mass is 215 g/mol. The minimum Gasteiger partial charge on any atom is -0.481 e. The lowest BCUT2D eigenvalue weighted by Crippen LogP contribution is -2.41. The molecule has 4 N–H and O–H groups in total. The molecule has 0 rings (SSSR count). The summed E-state index contributed by atoms with van der Waals surface area (Å²) in [6.45, 7) is 4.53. The Labute approximate surface area is 90.0 Å². The highest BCUT2D eigenvalue weighted by atomic mass is 16.4. The van der Waals surface area contributed by atoms with Crippen LogP contribution in [0.5, 0.6) is 0 Å². The van der Waals surface area contributed by atoms with Crippen LogP contribution in [0.1, 0.15) is 26.7 Å². The molecule has 0 fully saturated rings. The number of carboxylic acid groups (broad SMARTS) is 1. The zero-order chi connectivity index (χ0) is 11.8. The molecule has 0 aromatic carbocycles. The first kappa shape index (κ1) is 14.1. The molecular weight excluding hydrogens is 196 g/mol. The van der Waals surface area contributed by atoms with E-state index in [1.54, 1.807) is 0 Å². The standard InChI is InChI=1S/C10H19N2O3/c1-7(2)5-9(13)8(6-10(14)15)12-4-3-11/h8,12H,3-6,11H2,1-2H3,(H,14,15)/t8-/m0/s1. The first-order chi connectivity index (χ1) is 6.97. The number of hydrogen-bond acceptors (Lipinski definition) is 4. The van der Waals surface area contributed by atoms with Crippen molar-refractivity contribution in [2.75, 3.05) is 13.1 Å². The van der Waals surface area contributed by atoms with Gasteiger partial charge >= 0.3 is 5.97 Å². The molecule has 1 atom stereocenters. The van der Waals surface area contributed by atoms with Crippen LogP contribution in [-0.4, -0.2) is 36.0 Å². The van der Waals surface area contributed by atoms with E-state index in [1.807, 2.05) is 13.8 Å². The third kappa shape index (κ3) is 7.04. The van der Waals surface area contributed by atoms with E-state index >= 15 is 0 Å². The summed E-state index contributed by atoms with van der Waals surface area (Å²) in [4.78, 5) is 22.1. The number of nitrogens with one attached hydrogen (secondary N) is 1. The Balaban J connectivity index is 4.20. The maximum absolute atomic E-state index is 11.6. The van der Waals surface area contributed by atoms with Crippen molar-refractivity contribution in [1.82, 2.24) is 5.32 Å². The highest BCUT2D eigenvalue weighted by Crippen LogP contribution is 2.07. The number of carboxylic acids is 1. The summed E-state index contributed by atoms with van der Waals surface area (Å²) >= 11 is 0. The summed E-state index contributed by atoms with van der Waals surface area (Å²) in [7, 11) is 0. The fraction of sp³-hybridized carbons (Fsp3) is 0.700. The van der Waals surface area contributed by atoms with Crippen LogP contribution >= 0.6 is 0 Å². The molecule has 0 saturated heterocycles. The summed E-state index contributed by atoms with van der Waals surface area (Å²) in [5.74, 6) is -0.0950. The van der Waals surface area contributed by atoms with Gasteiger partial charge in [0.15, 0.2) is 5.78 Å². The van der Waals surface area contributed by atoms with Crippen LogP contribution in [0.4, 0.5) is 0 Å². The van der Waals surface area contributed by atoms with Gasteiger partial charge in [0.2, 0.25) is 0 Å². The van der Waals surface area contributed by atoms with Gasteiger partial charge in [-0.05, 0) is 5.92 Å². The summed E-state index contributed by atoms with van der Waals surface area (Å²) in [5.41, 5.74) is 5.28. The fourth-order valence-electron chi connectivity index (χ4n) is 1.20. The van der Waals surface area contributed by atoms with E-state index in [2.05, 4.69) is 5.32 Å². The molecule has 0 aliphatic rings. The van der Waals surface area contributed by atoms with E-state index in [9.17, 15) is 9.59 Å². The molecule has 0 aliphatic carbocycles. The largest absolute Gasteiger partial charge is 0.481 e. The Hall–Kier alpha value is -0.940.